The van der Waals surface area contributed by atoms with Crippen LogP contribution in [0.2, 0.25) is 0 Å². The van der Waals surface area contributed by atoms with E-state index in [1.54, 1.807) is 30.3 Å². The highest BCUT2D eigenvalue weighted by molar-refractivity contribution is 8.00. The Morgan fingerprint density at radius 1 is 1.14 bits per heavy atom. The summed E-state index contributed by atoms with van der Waals surface area (Å²) in [5, 5.41) is 20.0. The van der Waals surface area contributed by atoms with Gasteiger partial charge in [0.1, 0.15) is 0 Å². The Morgan fingerprint density at radius 3 is 2.54 bits per heavy atom. The van der Waals surface area contributed by atoms with Crippen molar-refractivity contribution < 1.29 is 17.9 Å². The van der Waals surface area contributed by atoms with Crippen molar-refractivity contribution >= 4 is 50.2 Å². The Labute approximate surface area is 211 Å². The van der Waals surface area contributed by atoms with Gasteiger partial charge in [-0.25, -0.2) is 8.42 Å². The molecular weight excluding hydrogens is 506 g/mol. The molecule has 1 amide bonds. The third kappa shape index (κ3) is 6.74. The summed E-state index contributed by atoms with van der Waals surface area (Å²) in [4.78, 5) is 12.5. The summed E-state index contributed by atoms with van der Waals surface area (Å²) >= 11 is 2.76. The number of hydrogen-bond acceptors (Lipinski definition) is 9. The van der Waals surface area contributed by atoms with Crippen molar-refractivity contribution in [1.29, 1.82) is 5.26 Å². The number of morpholine rings is 1. The molecule has 0 saturated carbocycles. The van der Waals surface area contributed by atoms with Crippen LogP contribution in [0.1, 0.15) is 16.7 Å². The Morgan fingerprint density at radius 2 is 1.86 bits per heavy atom. The number of nitrogens with zero attached hydrogens (tertiary/aromatic N) is 4. The highest BCUT2D eigenvalue weighted by Crippen LogP contribution is 2.28. The van der Waals surface area contributed by atoms with Gasteiger partial charge in [-0.15, -0.1) is 10.2 Å². The topological polar surface area (TPSA) is 125 Å². The second kappa shape index (κ2) is 11.6. The summed E-state index contributed by atoms with van der Waals surface area (Å²) in [6, 6.07) is 15.8. The number of hydrogen-bond donors (Lipinski definition) is 1. The predicted molar refractivity (Wildman–Crippen MR) is 134 cm³/mol. The van der Waals surface area contributed by atoms with Crippen molar-refractivity contribution in [2.45, 2.75) is 15.0 Å². The lowest BCUT2D eigenvalue weighted by molar-refractivity contribution is -0.111. The molecule has 1 aliphatic heterocycles. The Bertz CT molecular complexity index is 1340. The van der Waals surface area contributed by atoms with Gasteiger partial charge >= 0.3 is 0 Å². The summed E-state index contributed by atoms with van der Waals surface area (Å²) in [5.41, 5.74) is 2.36. The zero-order chi connectivity index (χ0) is 24.7. The quantitative estimate of drug-likeness (QED) is 0.269. The smallest absolute Gasteiger partial charge is 0.250 e. The summed E-state index contributed by atoms with van der Waals surface area (Å²) in [7, 11) is -3.55. The van der Waals surface area contributed by atoms with Crippen LogP contribution in [0.25, 0.3) is 6.08 Å². The molecule has 35 heavy (non-hydrogen) atoms. The molecule has 1 fully saturated rings. The van der Waals surface area contributed by atoms with Gasteiger partial charge in [-0.1, -0.05) is 47.4 Å². The number of nitriles is 1. The number of sulfonamides is 1. The maximum absolute atomic E-state index is 12.7. The average molecular weight is 528 g/mol. The lowest BCUT2D eigenvalue weighted by Crippen LogP contribution is -2.40. The monoisotopic (exact) mass is 527 g/mol. The second-order valence-corrected chi connectivity index (χ2v) is 11.5. The van der Waals surface area contributed by atoms with E-state index in [0.717, 1.165) is 5.56 Å². The molecule has 9 nitrogen and oxygen atoms in total. The van der Waals surface area contributed by atoms with E-state index < -0.39 is 10.0 Å². The average Bonchev–Trinajstić information content (AvgIpc) is 3.34. The number of aromatic nitrogens is 2. The van der Waals surface area contributed by atoms with Gasteiger partial charge in [0.15, 0.2) is 4.34 Å². The van der Waals surface area contributed by atoms with Crippen LogP contribution in [0.4, 0.5) is 5.13 Å². The maximum Gasteiger partial charge on any atom is 0.250 e. The van der Waals surface area contributed by atoms with Crippen LogP contribution >= 0.6 is 23.1 Å². The Hall–Kier alpha value is -3.08. The van der Waals surface area contributed by atoms with Crippen LogP contribution in [-0.4, -0.2) is 55.1 Å². The molecule has 1 N–H and O–H groups in total. The van der Waals surface area contributed by atoms with Crippen LogP contribution in [0.5, 0.6) is 0 Å². The molecule has 0 bridgehead atoms. The first-order valence-electron chi connectivity index (χ1n) is 10.6. The lowest BCUT2D eigenvalue weighted by Gasteiger charge is -2.26. The van der Waals surface area contributed by atoms with Gasteiger partial charge in [0.05, 0.1) is 29.7 Å². The fourth-order valence-electron chi connectivity index (χ4n) is 3.15. The van der Waals surface area contributed by atoms with Crippen LogP contribution in [-0.2, 0) is 25.3 Å². The first kappa shape index (κ1) is 25.0. The minimum Gasteiger partial charge on any atom is -0.379 e. The van der Waals surface area contributed by atoms with Crippen LogP contribution in [0.3, 0.4) is 0 Å². The number of carbonyl (C=O) groups excluding carboxylic acids is 1. The number of benzene rings is 2. The standard InChI is InChI=1S/C23H21N5O4S3/c24-15-18-1-3-19(4-2-18)16-33-23-27-26-22(34-23)25-21(29)10-7-17-5-8-20(9-6-17)35(30,31)28-11-13-32-14-12-28/h1-10H,11-14,16H2,(H,25,26,29)/b10-7+. The van der Waals surface area contributed by atoms with Crippen molar-refractivity contribution in [2.24, 2.45) is 0 Å². The normalized spacial score (nSPS) is 14.6. The summed E-state index contributed by atoms with van der Waals surface area (Å²) in [6.45, 7) is 1.46. The van der Waals surface area contributed by atoms with E-state index in [0.29, 0.717) is 52.7 Å². The molecule has 12 heteroatoms. The Kier molecular flexibility index (Phi) is 8.27. The third-order valence-corrected chi connectivity index (χ3v) is 8.95. The number of carbonyl (C=O) groups is 1. The molecular formula is C23H21N5O4S3. The minimum atomic E-state index is -3.55. The number of ether oxygens (including phenoxy) is 1. The van der Waals surface area contributed by atoms with Crippen molar-refractivity contribution in [3.63, 3.8) is 0 Å². The fourth-order valence-corrected chi connectivity index (χ4v) is 6.26. The summed E-state index contributed by atoms with van der Waals surface area (Å²) in [5.74, 6) is 0.306. The molecule has 2 aromatic carbocycles. The molecule has 1 aliphatic rings. The molecule has 0 unspecified atom stereocenters. The van der Waals surface area contributed by atoms with E-state index in [1.807, 2.05) is 12.1 Å². The van der Waals surface area contributed by atoms with Crippen LogP contribution < -0.4 is 5.32 Å². The maximum atomic E-state index is 12.7. The number of rotatable bonds is 8. The number of thioether (sulfide) groups is 1. The number of anilines is 1. The third-order valence-electron chi connectivity index (χ3n) is 5.00. The molecule has 180 valence electrons. The molecule has 2 heterocycles. The molecule has 3 aromatic rings. The molecule has 0 atom stereocenters. The van der Waals surface area contributed by atoms with Gasteiger partial charge in [0.2, 0.25) is 21.1 Å². The van der Waals surface area contributed by atoms with Crippen molar-refractivity contribution in [1.82, 2.24) is 14.5 Å². The van der Waals surface area contributed by atoms with E-state index in [-0.39, 0.29) is 10.8 Å². The first-order chi connectivity index (χ1) is 16.9. The molecule has 0 radical (unpaired) electrons. The van der Waals surface area contributed by atoms with Crippen LogP contribution in [0.15, 0.2) is 63.8 Å². The van der Waals surface area contributed by atoms with E-state index >= 15 is 0 Å². The molecule has 1 saturated heterocycles. The Balaban J connectivity index is 1.29. The first-order valence-corrected chi connectivity index (χ1v) is 13.8. The fraction of sp³-hybridized carbons (Fsp3) is 0.217. The predicted octanol–water partition coefficient (Wildman–Crippen LogP) is 3.37. The lowest BCUT2D eigenvalue weighted by atomic mass is 10.2. The highest BCUT2D eigenvalue weighted by atomic mass is 32.2. The largest absolute Gasteiger partial charge is 0.379 e. The molecule has 0 aliphatic carbocycles. The summed E-state index contributed by atoms with van der Waals surface area (Å²) in [6.07, 6.45) is 2.96. The second-order valence-electron chi connectivity index (χ2n) is 7.38. The zero-order valence-corrected chi connectivity index (χ0v) is 20.9. The number of nitrogens with one attached hydrogen (secondary N) is 1. The zero-order valence-electron chi connectivity index (χ0n) is 18.5. The number of amides is 1. The molecule has 0 spiro atoms. The van der Waals surface area contributed by atoms with Gasteiger partial charge in [-0.2, -0.15) is 9.57 Å². The van der Waals surface area contributed by atoms with E-state index in [1.165, 1.54) is 45.6 Å². The molecule has 4 rings (SSSR count). The minimum absolute atomic E-state index is 0.209. The van der Waals surface area contributed by atoms with E-state index in [2.05, 4.69) is 21.6 Å². The van der Waals surface area contributed by atoms with Crippen molar-refractivity contribution in [3.8, 4) is 6.07 Å². The van der Waals surface area contributed by atoms with Crippen LogP contribution in [0, 0.1) is 11.3 Å². The van der Waals surface area contributed by atoms with Gasteiger partial charge in [-0.3, -0.25) is 10.1 Å². The highest BCUT2D eigenvalue weighted by Gasteiger charge is 2.25. The van der Waals surface area contributed by atoms with Crippen molar-refractivity contribution in [3.05, 3.63) is 71.3 Å². The molecule has 1 aromatic heterocycles. The van der Waals surface area contributed by atoms with E-state index in [9.17, 15) is 13.2 Å². The summed E-state index contributed by atoms with van der Waals surface area (Å²) < 4.78 is 32.7. The SMILES string of the molecule is N#Cc1ccc(CSc2nnc(NC(=O)/C=C/c3ccc(S(=O)(=O)N4CCOCC4)cc3)s2)cc1. The van der Waals surface area contributed by atoms with Gasteiger partial charge < -0.3 is 4.74 Å². The van der Waals surface area contributed by atoms with Gasteiger partial charge in [0, 0.05) is 24.9 Å². The van der Waals surface area contributed by atoms with Crippen molar-refractivity contribution in [2.75, 3.05) is 31.6 Å². The van der Waals surface area contributed by atoms with E-state index in [4.69, 9.17) is 10.00 Å². The van der Waals surface area contributed by atoms with Gasteiger partial charge in [0.25, 0.3) is 0 Å². The van der Waals surface area contributed by atoms with Gasteiger partial charge in [-0.05, 0) is 41.5 Å².